The second kappa shape index (κ2) is 6.14. The van der Waals surface area contributed by atoms with Gasteiger partial charge in [-0.2, -0.15) is 9.97 Å². The van der Waals surface area contributed by atoms with Gasteiger partial charge in [-0.05, 0) is 13.8 Å². The van der Waals surface area contributed by atoms with Crippen molar-refractivity contribution in [2.24, 2.45) is 0 Å². The maximum absolute atomic E-state index is 12.1. The molecule has 0 saturated carbocycles. The fraction of sp³-hybridized carbons (Fsp3) is 0.267. The van der Waals surface area contributed by atoms with Gasteiger partial charge >= 0.3 is 12.0 Å². The lowest BCUT2D eigenvalue weighted by Gasteiger charge is -2.11. The first-order chi connectivity index (χ1) is 9.67. The van der Waals surface area contributed by atoms with Crippen molar-refractivity contribution in [3.63, 3.8) is 0 Å². The van der Waals surface area contributed by atoms with E-state index in [1.54, 1.807) is 13.8 Å². The standard InChI is InChI=1S/C15H16N2O3/c1-4-20-14(18)12-10(2)16-15(19-3)17-13(12)11-8-6-5-7-9-11/h5-9H,4H2,1-3H3. The summed E-state index contributed by atoms with van der Waals surface area (Å²) in [5, 5.41) is 0. The Labute approximate surface area is 117 Å². The number of hydrogen-bond donors (Lipinski definition) is 0. The molecule has 0 atom stereocenters. The van der Waals surface area contributed by atoms with E-state index in [0.717, 1.165) is 5.56 Å². The highest BCUT2D eigenvalue weighted by atomic mass is 16.5. The summed E-state index contributed by atoms with van der Waals surface area (Å²) in [6.07, 6.45) is 0. The molecule has 0 aliphatic rings. The molecule has 0 aliphatic carbocycles. The Bertz CT molecular complexity index is 612. The average molecular weight is 272 g/mol. The van der Waals surface area contributed by atoms with Crippen LogP contribution in [0.15, 0.2) is 30.3 Å². The molecule has 5 heteroatoms. The Morgan fingerprint density at radius 2 is 1.90 bits per heavy atom. The van der Waals surface area contributed by atoms with Gasteiger partial charge in [-0.3, -0.25) is 0 Å². The van der Waals surface area contributed by atoms with Gasteiger partial charge in [0.05, 0.1) is 25.1 Å². The average Bonchev–Trinajstić information content (AvgIpc) is 2.47. The van der Waals surface area contributed by atoms with Gasteiger partial charge in [-0.25, -0.2) is 4.79 Å². The van der Waals surface area contributed by atoms with E-state index in [1.807, 2.05) is 30.3 Å². The number of ether oxygens (including phenoxy) is 2. The molecule has 20 heavy (non-hydrogen) atoms. The summed E-state index contributed by atoms with van der Waals surface area (Å²) in [6, 6.07) is 9.66. The number of hydrogen-bond acceptors (Lipinski definition) is 5. The maximum atomic E-state index is 12.1. The van der Waals surface area contributed by atoms with E-state index in [4.69, 9.17) is 9.47 Å². The van der Waals surface area contributed by atoms with Gasteiger partial charge in [0.2, 0.25) is 0 Å². The Balaban J connectivity index is 2.63. The second-order valence-electron chi connectivity index (χ2n) is 4.11. The summed E-state index contributed by atoms with van der Waals surface area (Å²) < 4.78 is 10.2. The Hall–Kier alpha value is -2.43. The molecule has 0 saturated heterocycles. The molecule has 0 radical (unpaired) electrons. The summed E-state index contributed by atoms with van der Waals surface area (Å²) in [4.78, 5) is 20.6. The lowest BCUT2D eigenvalue weighted by Crippen LogP contribution is -2.12. The van der Waals surface area contributed by atoms with E-state index < -0.39 is 5.97 Å². The number of carbonyl (C=O) groups excluding carboxylic acids is 1. The van der Waals surface area contributed by atoms with Crippen LogP contribution in [0.5, 0.6) is 6.01 Å². The van der Waals surface area contributed by atoms with Crippen LogP contribution in [-0.2, 0) is 4.74 Å². The zero-order valence-corrected chi connectivity index (χ0v) is 11.7. The Kier molecular flexibility index (Phi) is 4.30. The number of esters is 1. The SMILES string of the molecule is CCOC(=O)c1c(C)nc(OC)nc1-c1ccccc1. The van der Waals surface area contributed by atoms with Crippen molar-refractivity contribution in [1.82, 2.24) is 9.97 Å². The molecule has 1 heterocycles. The molecule has 1 aromatic carbocycles. The predicted octanol–water partition coefficient (Wildman–Crippen LogP) is 2.64. The predicted molar refractivity (Wildman–Crippen MR) is 74.7 cm³/mol. The van der Waals surface area contributed by atoms with Crippen LogP contribution in [0.3, 0.4) is 0 Å². The van der Waals surface area contributed by atoms with E-state index in [-0.39, 0.29) is 6.01 Å². The molecule has 2 aromatic rings. The van der Waals surface area contributed by atoms with Crippen molar-refractivity contribution in [1.29, 1.82) is 0 Å². The first-order valence-corrected chi connectivity index (χ1v) is 6.32. The quantitative estimate of drug-likeness (QED) is 0.801. The van der Waals surface area contributed by atoms with Crippen LogP contribution in [-0.4, -0.2) is 29.7 Å². The smallest absolute Gasteiger partial charge is 0.342 e. The molecule has 0 unspecified atom stereocenters. The maximum Gasteiger partial charge on any atom is 0.342 e. The molecule has 0 fully saturated rings. The van der Waals surface area contributed by atoms with Gasteiger partial charge in [0.25, 0.3) is 0 Å². The fourth-order valence-corrected chi connectivity index (χ4v) is 1.89. The van der Waals surface area contributed by atoms with Gasteiger partial charge in [0.15, 0.2) is 0 Å². The van der Waals surface area contributed by atoms with Crippen molar-refractivity contribution in [2.45, 2.75) is 13.8 Å². The van der Waals surface area contributed by atoms with Gasteiger partial charge in [-0.15, -0.1) is 0 Å². The van der Waals surface area contributed by atoms with E-state index in [2.05, 4.69) is 9.97 Å². The first-order valence-electron chi connectivity index (χ1n) is 6.32. The van der Waals surface area contributed by atoms with Crippen molar-refractivity contribution < 1.29 is 14.3 Å². The van der Waals surface area contributed by atoms with E-state index >= 15 is 0 Å². The van der Waals surface area contributed by atoms with Gasteiger partial charge < -0.3 is 9.47 Å². The van der Waals surface area contributed by atoms with Gasteiger partial charge in [0, 0.05) is 5.56 Å². The van der Waals surface area contributed by atoms with Crippen molar-refractivity contribution in [3.8, 4) is 17.3 Å². The van der Waals surface area contributed by atoms with Crippen LogP contribution in [0.1, 0.15) is 23.0 Å². The van der Waals surface area contributed by atoms with E-state index in [1.165, 1.54) is 7.11 Å². The van der Waals surface area contributed by atoms with Crippen LogP contribution in [0.2, 0.25) is 0 Å². The lowest BCUT2D eigenvalue weighted by molar-refractivity contribution is 0.0525. The normalized spacial score (nSPS) is 10.2. The third kappa shape index (κ3) is 2.77. The highest BCUT2D eigenvalue weighted by Gasteiger charge is 2.21. The molecule has 0 bridgehead atoms. The Morgan fingerprint density at radius 1 is 1.20 bits per heavy atom. The molecule has 1 aromatic heterocycles. The third-order valence-corrected chi connectivity index (χ3v) is 2.78. The summed E-state index contributed by atoms with van der Waals surface area (Å²) >= 11 is 0. The van der Waals surface area contributed by atoms with E-state index in [0.29, 0.717) is 23.6 Å². The molecular formula is C15H16N2O3. The number of carbonyl (C=O) groups is 1. The minimum Gasteiger partial charge on any atom is -0.467 e. The highest BCUT2D eigenvalue weighted by molar-refractivity contribution is 5.97. The largest absolute Gasteiger partial charge is 0.467 e. The monoisotopic (exact) mass is 272 g/mol. The summed E-state index contributed by atoms with van der Waals surface area (Å²) in [5.41, 5.74) is 2.25. The van der Waals surface area contributed by atoms with E-state index in [9.17, 15) is 4.79 Å². The highest BCUT2D eigenvalue weighted by Crippen LogP contribution is 2.26. The Morgan fingerprint density at radius 3 is 2.50 bits per heavy atom. The van der Waals surface area contributed by atoms with Crippen molar-refractivity contribution >= 4 is 5.97 Å². The van der Waals surface area contributed by atoms with Crippen LogP contribution >= 0.6 is 0 Å². The van der Waals surface area contributed by atoms with Gasteiger partial charge in [0.1, 0.15) is 5.56 Å². The van der Waals surface area contributed by atoms with Crippen molar-refractivity contribution in [2.75, 3.05) is 13.7 Å². The molecule has 0 N–H and O–H groups in total. The van der Waals surface area contributed by atoms with Gasteiger partial charge in [-0.1, -0.05) is 30.3 Å². The zero-order chi connectivity index (χ0) is 14.5. The number of aryl methyl sites for hydroxylation is 1. The minimum atomic E-state index is -0.425. The second-order valence-corrected chi connectivity index (χ2v) is 4.11. The summed E-state index contributed by atoms with van der Waals surface area (Å²) in [7, 11) is 1.49. The molecule has 0 amide bonds. The van der Waals surface area contributed by atoms with Crippen LogP contribution in [0, 0.1) is 6.92 Å². The lowest BCUT2D eigenvalue weighted by atomic mass is 10.0. The van der Waals surface area contributed by atoms with Crippen molar-refractivity contribution in [3.05, 3.63) is 41.6 Å². The number of nitrogens with zero attached hydrogens (tertiary/aromatic N) is 2. The number of rotatable bonds is 4. The summed E-state index contributed by atoms with van der Waals surface area (Å²) in [5.74, 6) is -0.425. The number of methoxy groups -OCH3 is 1. The molecule has 104 valence electrons. The molecule has 5 nitrogen and oxygen atoms in total. The third-order valence-electron chi connectivity index (χ3n) is 2.78. The van der Waals surface area contributed by atoms with Crippen LogP contribution in [0.25, 0.3) is 11.3 Å². The molecule has 0 spiro atoms. The van der Waals surface area contributed by atoms with Crippen LogP contribution in [0.4, 0.5) is 0 Å². The number of benzene rings is 1. The first kappa shape index (κ1) is 14.0. The topological polar surface area (TPSA) is 61.3 Å². The van der Waals surface area contributed by atoms with Crippen LogP contribution < -0.4 is 4.74 Å². The molecular weight excluding hydrogens is 256 g/mol. The zero-order valence-electron chi connectivity index (χ0n) is 11.7. The fourth-order valence-electron chi connectivity index (χ4n) is 1.89. The molecule has 0 aliphatic heterocycles. The molecule has 2 rings (SSSR count). The number of aromatic nitrogens is 2. The summed E-state index contributed by atoms with van der Waals surface area (Å²) in [6.45, 7) is 3.81. The minimum absolute atomic E-state index is 0.231.